The smallest absolute Gasteiger partial charge is 0.258 e. The van der Waals surface area contributed by atoms with Crippen molar-refractivity contribution in [1.82, 2.24) is 0 Å². The van der Waals surface area contributed by atoms with E-state index < -0.39 is 4.92 Å². The zero-order chi connectivity index (χ0) is 11.8. The summed E-state index contributed by atoms with van der Waals surface area (Å²) in [5.41, 5.74) is 8.99. The lowest BCUT2D eigenvalue weighted by Crippen LogP contribution is -1.86. The van der Waals surface area contributed by atoms with Crippen molar-refractivity contribution < 1.29 is 4.92 Å². The number of nitro groups is 1. The maximum atomic E-state index is 10.4. The topological polar surface area (TPSA) is 91.9 Å². The Morgan fingerprint density at radius 3 is 2.69 bits per heavy atom. The molecule has 0 aliphatic heterocycles. The summed E-state index contributed by atoms with van der Waals surface area (Å²) in [6, 6.07) is 6.24. The van der Waals surface area contributed by atoms with Crippen molar-refractivity contribution in [3.05, 3.63) is 56.5 Å². The number of non-ortho nitro benzene ring substituents is 1. The van der Waals surface area contributed by atoms with Gasteiger partial charge in [-0.3, -0.25) is 10.1 Å². The standard InChI is InChI=1S/C10H10N4O2/c11-13-12-8-2-1-3-9-4-6-10(7-5-9)14(15)16/h1,3-7H,2,8H2. The Morgan fingerprint density at radius 1 is 1.44 bits per heavy atom. The second-order valence-electron chi connectivity index (χ2n) is 2.99. The van der Waals surface area contributed by atoms with Crippen LogP contribution in [0.15, 0.2) is 35.5 Å². The molecule has 0 aliphatic carbocycles. The molecule has 82 valence electrons. The van der Waals surface area contributed by atoms with Crippen LogP contribution in [0.4, 0.5) is 5.69 Å². The molecule has 1 aromatic rings. The van der Waals surface area contributed by atoms with Gasteiger partial charge >= 0.3 is 0 Å². The molecule has 16 heavy (non-hydrogen) atoms. The molecular formula is C10H10N4O2. The van der Waals surface area contributed by atoms with Crippen LogP contribution >= 0.6 is 0 Å². The third kappa shape index (κ3) is 3.81. The van der Waals surface area contributed by atoms with Gasteiger partial charge in [-0.05, 0) is 29.6 Å². The highest BCUT2D eigenvalue weighted by Crippen LogP contribution is 2.12. The first-order chi connectivity index (χ1) is 7.74. The molecule has 0 saturated carbocycles. The van der Waals surface area contributed by atoms with E-state index in [9.17, 15) is 10.1 Å². The number of azide groups is 1. The summed E-state index contributed by atoms with van der Waals surface area (Å²) in [7, 11) is 0. The van der Waals surface area contributed by atoms with Gasteiger partial charge in [-0.1, -0.05) is 17.3 Å². The van der Waals surface area contributed by atoms with Crippen LogP contribution in [0.2, 0.25) is 0 Å². The van der Waals surface area contributed by atoms with Gasteiger partial charge in [0, 0.05) is 23.6 Å². The molecule has 6 heteroatoms. The summed E-state index contributed by atoms with van der Waals surface area (Å²) in [6.45, 7) is 0.417. The molecule has 1 rings (SSSR count). The van der Waals surface area contributed by atoms with Crippen LogP contribution in [0.5, 0.6) is 0 Å². The maximum Gasteiger partial charge on any atom is 0.269 e. The van der Waals surface area contributed by atoms with Gasteiger partial charge in [-0.25, -0.2) is 0 Å². The first kappa shape index (κ1) is 11.7. The van der Waals surface area contributed by atoms with E-state index in [0.717, 1.165) is 5.56 Å². The molecule has 0 saturated heterocycles. The minimum atomic E-state index is -0.435. The van der Waals surface area contributed by atoms with Gasteiger partial charge < -0.3 is 0 Å². The Morgan fingerprint density at radius 2 is 2.12 bits per heavy atom. The molecule has 6 nitrogen and oxygen atoms in total. The lowest BCUT2D eigenvalue weighted by Gasteiger charge is -1.93. The Kier molecular flexibility index (Phi) is 4.56. The predicted molar refractivity (Wildman–Crippen MR) is 60.8 cm³/mol. The molecule has 0 aromatic heterocycles. The molecule has 0 bridgehead atoms. The molecule has 0 fully saturated rings. The zero-order valence-corrected chi connectivity index (χ0v) is 8.48. The van der Waals surface area contributed by atoms with Crippen molar-refractivity contribution in [2.24, 2.45) is 5.11 Å². The van der Waals surface area contributed by atoms with E-state index in [1.165, 1.54) is 12.1 Å². The summed E-state index contributed by atoms with van der Waals surface area (Å²) in [5, 5.41) is 13.8. The largest absolute Gasteiger partial charge is 0.269 e. The number of hydrogen-bond donors (Lipinski definition) is 0. The first-order valence-corrected chi connectivity index (χ1v) is 4.66. The molecule has 0 amide bonds. The van der Waals surface area contributed by atoms with E-state index in [1.807, 2.05) is 12.2 Å². The van der Waals surface area contributed by atoms with Gasteiger partial charge in [0.05, 0.1) is 4.92 Å². The van der Waals surface area contributed by atoms with E-state index in [-0.39, 0.29) is 5.69 Å². The van der Waals surface area contributed by atoms with E-state index in [0.29, 0.717) is 13.0 Å². The van der Waals surface area contributed by atoms with Crippen LogP contribution in [0, 0.1) is 10.1 Å². The summed E-state index contributed by atoms with van der Waals surface area (Å²) in [4.78, 5) is 12.6. The minimum absolute atomic E-state index is 0.0752. The zero-order valence-electron chi connectivity index (χ0n) is 8.48. The molecule has 0 radical (unpaired) electrons. The Hall–Kier alpha value is -2.33. The third-order valence-electron chi connectivity index (χ3n) is 1.87. The highest BCUT2D eigenvalue weighted by molar-refractivity contribution is 5.51. The molecule has 0 aliphatic rings. The number of hydrogen-bond acceptors (Lipinski definition) is 3. The van der Waals surface area contributed by atoms with E-state index in [2.05, 4.69) is 10.0 Å². The fourth-order valence-electron chi connectivity index (χ4n) is 1.10. The fraction of sp³-hybridized carbons (Fsp3) is 0.200. The normalized spacial score (nSPS) is 10.0. The fourth-order valence-corrected chi connectivity index (χ4v) is 1.10. The van der Waals surface area contributed by atoms with Crippen molar-refractivity contribution >= 4 is 11.8 Å². The van der Waals surface area contributed by atoms with Gasteiger partial charge in [-0.2, -0.15) is 0 Å². The lowest BCUT2D eigenvalue weighted by molar-refractivity contribution is -0.384. The van der Waals surface area contributed by atoms with E-state index in [4.69, 9.17) is 5.53 Å². The molecule has 0 heterocycles. The van der Waals surface area contributed by atoms with Crippen molar-refractivity contribution in [2.45, 2.75) is 6.42 Å². The summed E-state index contributed by atoms with van der Waals surface area (Å²) < 4.78 is 0. The van der Waals surface area contributed by atoms with Crippen LogP contribution in [-0.4, -0.2) is 11.5 Å². The van der Waals surface area contributed by atoms with Gasteiger partial charge in [0.1, 0.15) is 0 Å². The van der Waals surface area contributed by atoms with Crippen LogP contribution in [0.25, 0.3) is 16.5 Å². The quantitative estimate of drug-likeness (QED) is 0.189. The highest BCUT2D eigenvalue weighted by atomic mass is 16.6. The summed E-state index contributed by atoms with van der Waals surface area (Å²) >= 11 is 0. The average Bonchev–Trinajstić information content (AvgIpc) is 2.29. The monoisotopic (exact) mass is 218 g/mol. The first-order valence-electron chi connectivity index (χ1n) is 4.66. The van der Waals surface area contributed by atoms with Crippen molar-refractivity contribution in [2.75, 3.05) is 6.54 Å². The molecule has 0 unspecified atom stereocenters. The predicted octanol–water partition coefficient (Wildman–Crippen LogP) is 3.31. The number of nitrogens with zero attached hydrogens (tertiary/aromatic N) is 4. The Bertz CT molecular complexity index is 433. The Balaban J connectivity index is 2.54. The number of benzene rings is 1. The van der Waals surface area contributed by atoms with Gasteiger partial charge in [0.2, 0.25) is 0 Å². The maximum absolute atomic E-state index is 10.4. The van der Waals surface area contributed by atoms with Gasteiger partial charge in [0.25, 0.3) is 5.69 Å². The van der Waals surface area contributed by atoms with Crippen LogP contribution in [0.3, 0.4) is 0 Å². The van der Waals surface area contributed by atoms with Crippen LogP contribution < -0.4 is 0 Å². The van der Waals surface area contributed by atoms with Crippen LogP contribution in [0.1, 0.15) is 12.0 Å². The van der Waals surface area contributed by atoms with Crippen molar-refractivity contribution in [3.63, 3.8) is 0 Å². The number of rotatable bonds is 5. The molecular weight excluding hydrogens is 208 g/mol. The molecule has 0 spiro atoms. The van der Waals surface area contributed by atoms with Gasteiger partial charge in [-0.15, -0.1) is 0 Å². The van der Waals surface area contributed by atoms with Crippen LogP contribution in [-0.2, 0) is 0 Å². The van der Waals surface area contributed by atoms with Crippen molar-refractivity contribution in [3.8, 4) is 0 Å². The number of nitro benzene ring substituents is 1. The SMILES string of the molecule is [N-]=[N+]=NCCC=Cc1ccc([N+](=O)[O-])cc1. The van der Waals surface area contributed by atoms with Crippen molar-refractivity contribution in [1.29, 1.82) is 0 Å². The second kappa shape index (κ2) is 6.21. The summed E-state index contributed by atoms with van der Waals surface area (Å²) in [6.07, 6.45) is 4.34. The average molecular weight is 218 g/mol. The summed E-state index contributed by atoms with van der Waals surface area (Å²) in [5.74, 6) is 0. The minimum Gasteiger partial charge on any atom is -0.258 e. The second-order valence-corrected chi connectivity index (χ2v) is 2.99. The third-order valence-corrected chi connectivity index (χ3v) is 1.87. The molecule has 0 atom stereocenters. The highest BCUT2D eigenvalue weighted by Gasteiger charge is 2.01. The van der Waals surface area contributed by atoms with E-state index >= 15 is 0 Å². The Labute approximate surface area is 92.0 Å². The molecule has 1 aromatic carbocycles. The van der Waals surface area contributed by atoms with Gasteiger partial charge in [0.15, 0.2) is 0 Å². The molecule has 0 N–H and O–H groups in total. The van der Waals surface area contributed by atoms with E-state index in [1.54, 1.807) is 12.1 Å². The lowest BCUT2D eigenvalue weighted by atomic mass is 10.2.